The zero-order valence-corrected chi connectivity index (χ0v) is 15.0. The zero-order valence-electron chi connectivity index (χ0n) is 14.1. The van der Waals surface area contributed by atoms with E-state index in [1.54, 1.807) is 43.5 Å². The minimum absolute atomic E-state index is 0.200. The summed E-state index contributed by atoms with van der Waals surface area (Å²) in [6, 6.07) is 11.3. The average molecular weight is 361 g/mol. The van der Waals surface area contributed by atoms with Crippen molar-refractivity contribution in [3.05, 3.63) is 54.1 Å². The number of methoxy groups -OCH3 is 2. The van der Waals surface area contributed by atoms with Gasteiger partial charge in [0.05, 0.1) is 19.1 Å². The van der Waals surface area contributed by atoms with E-state index in [9.17, 15) is 13.2 Å². The third-order valence-corrected chi connectivity index (χ3v) is 4.51. The lowest BCUT2D eigenvalue weighted by Crippen LogP contribution is -2.08. The smallest absolute Gasteiger partial charge is 0.248 e. The number of sulfone groups is 1. The van der Waals surface area contributed by atoms with E-state index in [1.807, 2.05) is 0 Å². The number of rotatable bonds is 6. The number of ether oxygens (including phenoxy) is 2. The van der Waals surface area contributed by atoms with E-state index in [0.717, 1.165) is 11.8 Å². The first-order valence-corrected chi connectivity index (χ1v) is 9.24. The average Bonchev–Trinajstić information content (AvgIpc) is 2.59. The van der Waals surface area contributed by atoms with Crippen molar-refractivity contribution in [3.8, 4) is 11.5 Å². The van der Waals surface area contributed by atoms with Gasteiger partial charge in [0.15, 0.2) is 21.3 Å². The van der Waals surface area contributed by atoms with E-state index in [-0.39, 0.29) is 10.8 Å². The molecule has 0 fully saturated rings. The molecule has 0 atom stereocenters. The molecule has 0 spiro atoms. The first-order valence-electron chi connectivity index (χ1n) is 7.34. The molecule has 6 nitrogen and oxygen atoms in total. The Kier molecular flexibility index (Phi) is 5.82. The second-order valence-corrected chi connectivity index (χ2v) is 7.25. The number of anilines is 1. The standard InChI is InChI=1S/C18H19NO5S/c1-23-16-10-4-13(12-17(16)24-2)5-11-18(20)19-14-6-8-15(9-7-14)25(3,21)22/h4-12H,1-3H3,(H,19,20)/b11-5+. The first-order chi connectivity index (χ1) is 11.8. The highest BCUT2D eigenvalue weighted by molar-refractivity contribution is 7.90. The van der Waals surface area contributed by atoms with Crippen LogP contribution in [0.5, 0.6) is 11.5 Å². The quantitative estimate of drug-likeness (QED) is 0.800. The maximum absolute atomic E-state index is 12.0. The van der Waals surface area contributed by atoms with Crippen molar-refractivity contribution < 1.29 is 22.7 Å². The van der Waals surface area contributed by atoms with Gasteiger partial charge in [-0.05, 0) is 48.0 Å². The maximum atomic E-state index is 12.0. The highest BCUT2D eigenvalue weighted by Gasteiger charge is 2.07. The molecule has 25 heavy (non-hydrogen) atoms. The normalized spacial score (nSPS) is 11.3. The number of hydrogen-bond acceptors (Lipinski definition) is 5. The van der Waals surface area contributed by atoms with Gasteiger partial charge in [0.1, 0.15) is 0 Å². The summed E-state index contributed by atoms with van der Waals surface area (Å²) in [5.41, 5.74) is 1.29. The Morgan fingerprint density at radius 3 is 2.20 bits per heavy atom. The molecule has 2 aromatic rings. The fourth-order valence-corrected chi connectivity index (χ4v) is 2.73. The van der Waals surface area contributed by atoms with Crippen LogP contribution in [0.4, 0.5) is 5.69 Å². The molecule has 7 heteroatoms. The fourth-order valence-electron chi connectivity index (χ4n) is 2.10. The molecule has 0 aliphatic carbocycles. The molecule has 0 saturated carbocycles. The lowest BCUT2D eigenvalue weighted by Gasteiger charge is -2.07. The van der Waals surface area contributed by atoms with Crippen molar-refractivity contribution in [1.29, 1.82) is 0 Å². The number of carbonyl (C=O) groups is 1. The highest BCUT2D eigenvalue weighted by Crippen LogP contribution is 2.28. The van der Waals surface area contributed by atoms with Crippen LogP contribution in [0.1, 0.15) is 5.56 Å². The molecular formula is C18H19NO5S. The van der Waals surface area contributed by atoms with E-state index in [1.165, 1.54) is 25.3 Å². The molecule has 0 unspecified atom stereocenters. The van der Waals surface area contributed by atoms with Crippen molar-refractivity contribution in [2.45, 2.75) is 4.90 Å². The second kappa shape index (κ2) is 7.85. The van der Waals surface area contributed by atoms with Gasteiger partial charge in [-0.15, -0.1) is 0 Å². The minimum Gasteiger partial charge on any atom is -0.493 e. The summed E-state index contributed by atoms with van der Waals surface area (Å²) in [5.74, 6) is 0.846. The second-order valence-electron chi connectivity index (χ2n) is 5.23. The lowest BCUT2D eigenvalue weighted by molar-refractivity contribution is -0.111. The summed E-state index contributed by atoms with van der Waals surface area (Å²) in [7, 11) is -0.164. The molecule has 0 aliphatic heterocycles. The molecule has 132 valence electrons. The fraction of sp³-hybridized carbons (Fsp3) is 0.167. The van der Waals surface area contributed by atoms with Crippen LogP contribution >= 0.6 is 0 Å². The van der Waals surface area contributed by atoms with Gasteiger partial charge in [0.25, 0.3) is 0 Å². The van der Waals surface area contributed by atoms with Crippen LogP contribution in [0.2, 0.25) is 0 Å². The molecule has 0 bridgehead atoms. The van der Waals surface area contributed by atoms with Gasteiger partial charge in [0, 0.05) is 18.0 Å². The van der Waals surface area contributed by atoms with Crippen molar-refractivity contribution in [3.63, 3.8) is 0 Å². The van der Waals surface area contributed by atoms with Crippen molar-refractivity contribution in [2.75, 3.05) is 25.8 Å². The Labute approximate surface area is 147 Å². The summed E-state index contributed by atoms with van der Waals surface area (Å²) in [6.07, 6.45) is 4.15. The van der Waals surface area contributed by atoms with Crippen molar-refractivity contribution >= 4 is 27.5 Å². The molecule has 0 heterocycles. The topological polar surface area (TPSA) is 81.7 Å². The molecule has 2 aromatic carbocycles. The van der Waals surface area contributed by atoms with Gasteiger partial charge in [-0.25, -0.2) is 8.42 Å². The Bertz CT molecular complexity index is 886. The third kappa shape index (κ3) is 5.09. The van der Waals surface area contributed by atoms with E-state index < -0.39 is 9.84 Å². The first kappa shape index (κ1) is 18.5. The summed E-state index contributed by atoms with van der Waals surface area (Å²) in [4.78, 5) is 12.2. The predicted molar refractivity (Wildman–Crippen MR) is 96.8 cm³/mol. The van der Waals surface area contributed by atoms with Crippen LogP contribution < -0.4 is 14.8 Å². The molecular weight excluding hydrogens is 342 g/mol. The van der Waals surface area contributed by atoms with E-state index in [4.69, 9.17) is 9.47 Å². The Morgan fingerprint density at radius 1 is 1.00 bits per heavy atom. The van der Waals surface area contributed by atoms with Crippen LogP contribution in [-0.4, -0.2) is 34.8 Å². The van der Waals surface area contributed by atoms with E-state index >= 15 is 0 Å². The summed E-state index contributed by atoms with van der Waals surface area (Å²) < 4.78 is 33.2. The van der Waals surface area contributed by atoms with E-state index in [0.29, 0.717) is 17.2 Å². The summed E-state index contributed by atoms with van der Waals surface area (Å²) >= 11 is 0. The monoisotopic (exact) mass is 361 g/mol. The lowest BCUT2D eigenvalue weighted by atomic mass is 10.2. The Hall–Kier alpha value is -2.80. The number of nitrogens with one attached hydrogen (secondary N) is 1. The Morgan fingerprint density at radius 2 is 1.64 bits per heavy atom. The van der Waals surface area contributed by atoms with E-state index in [2.05, 4.69) is 5.32 Å². The highest BCUT2D eigenvalue weighted by atomic mass is 32.2. The Balaban J connectivity index is 2.06. The van der Waals surface area contributed by atoms with Crippen molar-refractivity contribution in [1.82, 2.24) is 0 Å². The number of hydrogen-bond donors (Lipinski definition) is 1. The van der Waals surface area contributed by atoms with Crippen molar-refractivity contribution in [2.24, 2.45) is 0 Å². The maximum Gasteiger partial charge on any atom is 0.248 e. The van der Waals surface area contributed by atoms with Crippen LogP contribution in [-0.2, 0) is 14.6 Å². The molecule has 0 aromatic heterocycles. The van der Waals surface area contributed by atoms with Gasteiger partial charge in [0.2, 0.25) is 5.91 Å². The van der Waals surface area contributed by atoms with Crippen LogP contribution in [0.3, 0.4) is 0 Å². The zero-order chi connectivity index (χ0) is 18.4. The molecule has 0 aliphatic rings. The SMILES string of the molecule is COc1ccc(/C=C/C(=O)Nc2ccc(S(C)(=O)=O)cc2)cc1OC. The van der Waals surface area contributed by atoms with Gasteiger partial charge in [-0.3, -0.25) is 4.79 Å². The number of amides is 1. The molecule has 0 radical (unpaired) electrons. The van der Waals surface area contributed by atoms with Gasteiger partial charge in [-0.2, -0.15) is 0 Å². The summed E-state index contributed by atoms with van der Waals surface area (Å²) in [5, 5.41) is 2.67. The van der Waals surface area contributed by atoms with Gasteiger partial charge < -0.3 is 14.8 Å². The van der Waals surface area contributed by atoms with Gasteiger partial charge in [-0.1, -0.05) is 6.07 Å². The third-order valence-electron chi connectivity index (χ3n) is 3.38. The predicted octanol–water partition coefficient (Wildman–Crippen LogP) is 2.76. The minimum atomic E-state index is -3.26. The number of benzene rings is 2. The molecule has 0 saturated heterocycles. The summed E-state index contributed by atoms with van der Waals surface area (Å²) in [6.45, 7) is 0. The van der Waals surface area contributed by atoms with Gasteiger partial charge >= 0.3 is 0 Å². The number of carbonyl (C=O) groups excluding carboxylic acids is 1. The largest absolute Gasteiger partial charge is 0.493 e. The van der Waals surface area contributed by atoms with Crippen LogP contribution in [0.15, 0.2) is 53.4 Å². The molecule has 1 N–H and O–H groups in total. The van der Waals surface area contributed by atoms with Crippen LogP contribution in [0.25, 0.3) is 6.08 Å². The molecule has 2 rings (SSSR count). The molecule has 1 amide bonds. The van der Waals surface area contributed by atoms with Crippen LogP contribution in [0, 0.1) is 0 Å².